The average Bonchev–Trinajstić information content (AvgIpc) is 3.41. The molecule has 4 aromatic rings. The number of nitrogens with one attached hydrogen (secondary N) is 1. The van der Waals surface area contributed by atoms with Crippen LogP contribution >= 0.6 is 11.6 Å². The van der Waals surface area contributed by atoms with Gasteiger partial charge >= 0.3 is 6.18 Å². The molecule has 1 aliphatic rings. The third kappa shape index (κ3) is 4.56. The highest BCUT2D eigenvalue weighted by Gasteiger charge is 2.31. The summed E-state index contributed by atoms with van der Waals surface area (Å²) in [4.78, 5) is 17.4. The molecule has 0 aliphatic carbocycles. The number of benzene rings is 2. The lowest BCUT2D eigenvalue weighted by atomic mass is 9.99. The van der Waals surface area contributed by atoms with Gasteiger partial charge in [0.2, 0.25) is 0 Å². The first-order chi connectivity index (χ1) is 17.0. The topological polar surface area (TPSA) is 93.4 Å². The molecular formula is C24H18ClF3N4O3S. The lowest BCUT2D eigenvalue weighted by Crippen LogP contribution is -2.35. The third-order valence-electron chi connectivity index (χ3n) is 5.99. The molecule has 2 aromatic carbocycles. The Morgan fingerprint density at radius 3 is 2.42 bits per heavy atom. The number of halogens is 4. The van der Waals surface area contributed by atoms with Crippen molar-refractivity contribution in [3.8, 4) is 22.4 Å². The molecule has 1 aliphatic heterocycles. The first-order valence-corrected chi connectivity index (χ1v) is 13.0. The maximum absolute atomic E-state index is 13.2. The highest BCUT2D eigenvalue weighted by molar-refractivity contribution is 7.91. The number of hydrogen-bond donors (Lipinski definition) is 1. The third-order valence-corrected chi connectivity index (χ3v) is 8.09. The van der Waals surface area contributed by atoms with Crippen molar-refractivity contribution in [2.24, 2.45) is 0 Å². The highest BCUT2D eigenvalue weighted by atomic mass is 35.5. The van der Waals surface area contributed by atoms with Crippen LogP contribution in [0.5, 0.6) is 0 Å². The summed E-state index contributed by atoms with van der Waals surface area (Å²) in [6, 6.07) is 11.0. The summed E-state index contributed by atoms with van der Waals surface area (Å²) in [6.45, 7) is 0. The second-order valence-electron chi connectivity index (χ2n) is 8.44. The van der Waals surface area contributed by atoms with Crippen LogP contribution in [0.25, 0.3) is 28.0 Å². The minimum atomic E-state index is -4.50. The largest absolute Gasteiger partial charge is 0.416 e. The lowest BCUT2D eigenvalue weighted by Gasteiger charge is -2.15. The first-order valence-electron chi connectivity index (χ1n) is 10.8. The van der Waals surface area contributed by atoms with Crippen molar-refractivity contribution in [3.05, 3.63) is 77.1 Å². The van der Waals surface area contributed by atoms with Crippen LogP contribution in [0.15, 0.2) is 60.9 Å². The Morgan fingerprint density at radius 2 is 1.78 bits per heavy atom. The van der Waals surface area contributed by atoms with Crippen molar-refractivity contribution in [2.45, 2.75) is 18.6 Å². The Hall–Kier alpha value is -3.44. The number of carbonyl (C=O) groups is 1. The van der Waals surface area contributed by atoms with Gasteiger partial charge in [-0.05, 0) is 24.6 Å². The molecule has 1 N–H and O–H groups in total. The zero-order chi connectivity index (χ0) is 25.7. The highest BCUT2D eigenvalue weighted by Crippen LogP contribution is 2.37. The quantitative estimate of drug-likeness (QED) is 0.411. The zero-order valence-electron chi connectivity index (χ0n) is 18.5. The maximum atomic E-state index is 13.2. The average molecular weight is 535 g/mol. The summed E-state index contributed by atoms with van der Waals surface area (Å²) in [7, 11) is -3.19. The number of alkyl halides is 3. The predicted octanol–water partition coefficient (Wildman–Crippen LogP) is 4.65. The molecule has 186 valence electrons. The molecule has 1 amide bonds. The number of hydrogen-bond acceptors (Lipinski definition) is 5. The molecule has 1 fully saturated rings. The summed E-state index contributed by atoms with van der Waals surface area (Å²) in [5, 5.41) is 7.43. The van der Waals surface area contributed by atoms with Crippen molar-refractivity contribution < 1.29 is 26.4 Å². The van der Waals surface area contributed by atoms with Crippen molar-refractivity contribution in [3.63, 3.8) is 0 Å². The van der Waals surface area contributed by atoms with E-state index in [2.05, 4.69) is 15.4 Å². The number of rotatable bonds is 4. The van der Waals surface area contributed by atoms with Gasteiger partial charge in [0, 0.05) is 34.0 Å². The van der Waals surface area contributed by atoms with Gasteiger partial charge in [-0.1, -0.05) is 41.9 Å². The SMILES string of the molecule is O=C(NC1CCS(=O)(=O)C1)c1cnn2c(-c3ccc(C(F)(F)F)cc3)c(-c3ccccc3Cl)cnc12. The summed E-state index contributed by atoms with van der Waals surface area (Å²) in [5.41, 5.74) is 1.36. The maximum Gasteiger partial charge on any atom is 0.416 e. The molecule has 0 radical (unpaired) electrons. The predicted molar refractivity (Wildman–Crippen MR) is 128 cm³/mol. The Bertz CT molecular complexity index is 1580. The van der Waals surface area contributed by atoms with Gasteiger partial charge in [-0.15, -0.1) is 0 Å². The number of carbonyl (C=O) groups excluding carboxylic acids is 1. The van der Waals surface area contributed by atoms with Crippen molar-refractivity contribution in [2.75, 3.05) is 11.5 Å². The van der Waals surface area contributed by atoms with E-state index in [9.17, 15) is 26.4 Å². The van der Waals surface area contributed by atoms with Crippen LogP contribution in [-0.2, 0) is 16.0 Å². The first kappa shape index (κ1) is 24.3. The van der Waals surface area contributed by atoms with Gasteiger partial charge in [-0.3, -0.25) is 4.79 Å². The van der Waals surface area contributed by atoms with E-state index in [0.717, 1.165) is 12.1 Å². The number of fused-ring (bicyclic) bond motifs is 1. The van der Waals surface area contributed by atoms with Gasteiger partial charge in [0.1, 0.15) is 5.56 Å². The van der Waals surface area contributed by atoms with Crippen molar-refractivity contribution in [1.82, 2.24) is 19.9 Å². The standard InChI is InChI=1S/C24H18ClF3N4O3S/c25-20-4-2-1-3-17(20)18-11-29-22-19(23(33)31-16-9-10-36(34,35)13-16)12-30-32(22)21(18)14-5-7-15(8-6-14)24(26,27)28/h1-8,11-12,16H,9-10,13H2,(H,31,33). The fraction of sp³-hybridized carbons (Fsp3) is 0.208. The smallest absolute Gasteiger partial charge is 0.348 e. The fourth-order valence-electron chi connectivity index (χ4n) is 4.23. The summed E-state index contributed by atoms with van der Waals surface area (Å²) < 4.78 is 64.3. The number of amides is 1. The van der Waals surface area contributed by atoms with Gasteiger partial charge in [-0.2, -0.15) is 18.3 Å². The van der Waals surface area contributed by atoms with E-state index < -0.39 is 33.5 Å². The Labute approximate surface area is 208 Å². The minimum absolute atomic E-state index is 0.00419. The molecule has 0 spiro atoms. The lowest BCUT2D eigenvalue weighted by molar-refractivity contribution is -0.137. The monoisotopic (exact) mass is 534 g/mol. The zero-order valence-corrected chi connectivity index (χ0v) is 20.0. The second kappa shape index (κ2) is 8.90. The molecular weight excluding hydrogens is 517 g/mol. The van der Waals surface area contributed by atoms with Crippen LogP contribution in [0.2, 0.25) is 5.02 Å². The number of sulfone groups is 1. The van der Waals surface area contributed by atoms with Gasteiger partial charge < -0.3 is 5.32 Å². The van der Waals surface area contributed by atoms with Gasteiger partial charge in [0.25, 0.3) is 5.91 Å². The molecule has 3 heterocycles. The van der Waals surface area contributed by atoms with Crippen LogP contribution in [0.4, 0.5) is 13.2 Å². The molecule has 12 heteroatoms. The van der Waals surface area contributed by atoms with E-state index in [-0.39, 0.29) is 22.7 Å². The van der Waals surface area contributed by atoms with E-state index >= 15 is 0 Å². The number of nitrogens with zero attached hydrogens (tertiary/aromatic N) is 3. The Kier molecular flexibility index (Phi) is 6.00. The van der Waals surface area contributed by atoms with Crippen LogP contribution in [-0.4, -0.2) is 46.5 Å². The summed E-state index contributed by atoms with van der Waals surface area (Å²) in [5.74, 6) is -0.674. The summed E-state index contributed by atoms with van der Waals surface area (Å²) in [6.07, 6.45) is -1.40. The molecule has 0 bridgehead atoms. The molecule has 36 heavy (non-hydrogen) atoms. The van der Waals surface area contributed by atoms with Gasteiger partial charge in [0.05, 0.1) is 29.0 Å². The molecule has 1 atom stereocenters. The molecule has 0 saturated carbocycles. The van der Waals surface area contributed by atoms with E-state index in [1.54, 1.807) is 24.3 Å². The van der Waals surface area contributed by atoms with Crippen molar-refractivity contribution in [1.29, 1.82) is 0 Å². The second-order valence-corrected chi connectivity index (χ2v) is 11.1. The van der Waals surface area contributed by atoms with E-state index in [4.69, 9.17) is 11.6 Å². The molecule has 2 aromatic heterocycles. The normalized spacial score (nSPS) is 17.4. The minimum Gasteiger partial charge on any atom is -0.348 e. The van der Waals surface area contributed by atoms with E-state index in [1.165, 1.54) is 29.0 Å². The van der Waals surface area contributed by atoms with Crippen LogP contribution in [0, 0.1) is 0 Å². The van der Waals surface area contributed by atoms with E-state index in [1.807, 2.05) is 0 Å². The summed E-state index contributed by atoms with van der Waals surface area (Å²) >= 11 is 6.41. The molecule has 1 saturated heterocycles. The Morgan fingerprint density at radius 1 is 1.06 bits per heavy atom. The fourth-order valence-corrected chi connectivity index (χ4v) is 6.15. The van der Waals surface area contributed by atoms with Gasteiger partial charge in [-0.25, -0.2) is 17.9 Å². The Balaban J connectivity index is 1.63. The van der Waals surface area contributed by atoms with Gasteiger partial charge in [0.15, 0.2) is 15.5 Å². The van der Waals surface area contributed by atoms with Crippen LogP contribution in [0.1, 0.15) is 22.3 Å². The van der Waals surface area contributed by atoms with Crippen LogP contribution < -0.4 is 5.32 Å². The molecule has 1 unspecified atom stereocenters. The van der Waals surface area contributed by atoms with Crippen molar-refractivity contribution >= 4 is 33.0 Å². The molecule has 5 rings (SSSR count). The number of aromatic nitrogens is 3. The van der Waals surface area contributed by atoms with E-state index in [0.29, 0.717) is 33.8 Å². The van der Waals surface area contributed by atoms with Crippen LogP contribution in [0.3, 0.4) is 0 Å². The molecule has 7 nitrogen and oxygen atoms in total.